The Kier molecular flexibility index (Phi) is 6.80. The van der Waals surface area contributed by atoms with Gasteiger partial charge >= 0.3 is 0 Å². The highest BCUT2D eigenvalue weighted by Gasteiger charge is 2.11. The summed E-state index contributed by atoms with van der Waals surface area (Å²) < 4.78 is 0. The van der Waals surface area contributed by atoms with Crippen molar-refractivity contribution >= 4 is 56.6 Å². The van der Waals surface area contributed by atoms with Crippen molar-refractivity contribution in [3.05, 3.63) is 130 Å². The zero-order valence-corrected chi connectivity index (χ0v) is 22.4. The van der Waals surface area contributed by atoms with Crippen molar-refractivity contribution < 1.29 is 0 Å². The molecule has 0 heteroatoms. The third-order valence-electron chi connectivity index (χ3n) is 7.68. The first-order chi connectivity index (χ1) is 18.7. The fraction of sp³-hybridized carbons (Fsp3) is 0.158. The van der Waals surface area contributed by atoms with E-state index in [0.717, 1.165) is 12.8 Å². The van der Waals surface area contributed by atoms with Crippen LogP contribution >= 0.6 is 0 Å². The fourth-order valence-corrected chi connectivity index (χ4v) is 5.68. The molecule has 0 amide bonds. The van der Waals surface area contributed by atoms with Gasteiger partial charge in [-0.15, -0.1) is 0 Å². The fourth-order valence-electron chi connectivity index (χ4n) is 5.68. The van der Waals surface area contributed by atoms with E-state index in [1.165, 1.54) is 78.5 Å². The number of benzene rings is 6. The Bertz CT molecular complexity index is 1610. The van der Waals surface area contributed by atoms with Gasteiger partial charge in [0.15, 0.2) is 0 Å². The molecule has 38 heavy (non-hydrogen) atoms. The molecule has 0 saturated carbocycles. The molecule has 6 aromatic carbocycles. The molecular formula is C38H34. The summed E-state index contributed by atoms with van der Waals surface area (Å²) in [7, 11) is 0. The molecule has 0 aromatic heterocycles. The average molecular weight is 491 g/mol. The molecule has 0 radical (unpaired) electrons. The van der Waals surface area contributed by atoms with Gasteiger partial charge in [0.2, 0.25) is 0 Å². The molecule has 0 saturated heterocycles. The van der Waals surface area contributed by atoms with Crippen LogP contribution in [0.2, 0.25) is 0 Å². The van der Waals surface area contributed by atoms with E-state index >= 15 is 0 Å². The van der Waals surface area contributed by atoms with E-state index in [1.807, 2.05) is 0 Å². The summed E-state index contributed by atoms with van der Waals surface area (Å²) in [4.78, 5) is 0. The molecule has 0 fully saturated rings. The third-order valence-corrected chi connectivity index (χ3v) is 7.68. The maximum atomic E-state index is 2.29. The summed E-state index contributed by atoms with van der Waals surface area (Å²) in [6.07, 6.45) is 13.7. The quantitative estimate of drug-likeness (QED) is 0.147. The first-order valence-electron chi connectivity index (χ1n) is 14.0. The molecule has 0 aliphatic carbocycles. The second-order valence-electron chi connectivity index (χ2n) is 10.4. The molecule has 0 nitrogen and oxygen atoms in total. The maximum Gasteiger partial charge on any atom is -0.00206 e. The molecule has 0 unspecified atom stereocenters. The smallest absolute Gasteiger partial charge is 0.00206 e. The SMILES string of the molecule is CCCc1ccc(C=Cc2ccc3ccc4c(C=Cc5ccc(CCC)cc5)ccc5ccc2c3c54)cc1. The van der Waals surface area contributed by atoms with Crippen molar-refractivity contribution in [2.45, 2.75) is 39.5 Å². The molecule has 0 heterocycles. The molecule has 186 valence electrons. The molecule has 0 bridgehead atoms. The van der Waals surface area contributed by atoms with Crippen LogP contribution in [0.25, 0.3) is 56.6 Å². The van der Waals surface area contributed by atoms with E-state index in [0.29, 0.717) is 0 Å². The Balaban J connectivity index is 1.39. The summed E-state index contributed by atoms with van der Waals surface area (Å²) >= 11 is 0. The van der Waals surface area contributed by atoms with E-state index in [-0.39, 0.29) is 0 Å². The molecule has 6 aromatic rings. The normalized spacial score (nSPS) is 12.2. The zero-order valence-electron chi connectivity index (χ0n) is 22.4. The Morgan fingerprint density at radius 1 is 0.421 bits per heavy atom. The van der Waals surface area contributed by atoms with Gasteiger partial charge in [-0.2, -0.15) is 0 Å². The second-order valence-corrected chi connectivity index (χ2v) is 10.4. The van der Waals surface area contributed by atoms with Crippen LogP contribution in [0, 0.1) is 0 Å². The Hall–Kier alpha value is -4.16. The molecule has 0 spiro atoms. The molecule has 6 rings (SSSR count). The van der Waals surface area contributed by atoms with Crippen molar-refractivity contribution in [3.63, 3.8) is 0 Å². The van der Waals surface area contributed by atoms with Gasteiger partial charge < -0.3 is 0 Å². The number of hydrogen-bond donors (Lipinski definition) is 0. The van der Waals surface area contributed by atoms with Gasteiger partial charge in [-0.1, -0.05) is 148 Å². The molecule has 0 atom stereocenters. The van der Waals surface area contributed by atoms with Crippen molar-refractivity contribution in [1.29, 1.82) is 0 Å². The second kappa shape index (κ2) is 10.7. The van der Waals surface area contributed by atoms with E-state index in [2.05, 4.69) is 135 Å². The monoisotopic (exact) mass is 490 g/mol. The summed E-state index contributed by atoms with van der Waals surface area (Å²) in [6.45, 7) is 4.46. The highest BCUT2D eigenvalue weighted by Crippen LogP contribution is 2.38. The van der Waals surface area contributed by atoms with Crippen molar-refractivity contribution in [1.82, 2.24) is 0 Å². The lowest BCUT2D eigenvalue weighted by atomic mass is 9.89. The Labute approximate surface area is 226 Å². The molecular weight excluding hydrogens is 456 g/mol. The average Bonchev–Trinajstić information content (AvgIpc) is 2.96. The Morgan fingerprint density at radius 3 is 1.21 bits per heavy atom. The lowest BCUT2D eigenvalue weighted by molar-refractivity contribution is 0.922. The number of hydrogen-bond acceptors (Lipinski definition) is 0. The van der Waals surface area contributed by atoms with Crippen molar-refractivity contribution in [3.8, 4) is 0 Å². The lowest BCUT2D eigenvalue weighted by Crippen LogP contribution is -1.88. The minimum absolute atomic E-state index is 1.14. The van der Waals surface area contributed by atoms with Gasteiger partial charge in [-0.05, 0) is 78.5 Å². The van der Waals surface area contributed by atoms with E-state index < -0.39 is 0 Å². The Morgan fingerprint density at radius 2 is 0.816 bits per heavy atom. The van der Waals surface area contributed by atoms with Crippen molar-refractivity contribution in [2.24, 2.45) is 0 Å². The summed E-state index contributed by atoms with van der Waals surface area (Å²) in [6, 6.07) is 36.1. The van der Waals surface area contributed by atoms with Gasteiger partial charge in [-0.3, -0.25) is 0 Å². The predicted molar refractivity (Wildman–Crippen MR) is 169 cm³/mol. The standard InChI is InChI=1S/C38H34/c1-3-5-27-7-11-29(12-8-27)15-17-31-19-21-33-24-26-36-32(18-16-30-13-9-28(6-4-2)10-14-30)20-22-34-23-25-35(31)37(33)38(34)36/h7-26H,3-6H2,1-2H3. The summed E-state index contributed by atoms with van der Waals surface area (Å²) in [5, 5.41) is 7.94. The highest BCUT2D eigenvalue weighted by atomic mass is 14.1. The molecule has 0 N–H and O–H groups in total. The minimum Gasteiger partial charge on any atom is -0.0651 e. The first kappa shape index (κ1) is 24.2. The third kappa shape index (κ3) is 4.75. The summed E-state index contributed by atoms with van der Waals surface area (Å²) in [5.74, 6) is 0. The van der Waals surface area contributed by atoms with Crippen LogP contribution in [-0.4, -0.2) is 0 Å². The zero-order chi connectivity index (χ0) is 25.9. The van der Waals surface area contributed by atoms with Gasteiger partial charge in [0.05, 0.1) is 0 Å². The number of aryl methyl sites for hydroxylation is 2. The highest BCUT2D eigenvalue weighted by molar-refractivity contribution is 6.25. The van der Waals surface area contributed by atoms with Crippen LogP contribution in [0.3, 0.4) is 0 Å². The topological polar surface area (TPSA) is 0 Å². The predicted octanol–water partition coefficient (Wildman–Crippen LogP) is 10.8. The molecule has 0 aliphatic rings. The van der Waals surface area contributed by atoms with Gasteiger partial charge in [0.25, 0.3) is 0 Å². The van der Waals surface area contributed by atoms with E-state index in [1.54, 1.807) is 0 Å². The van der Waals surface area contributed by atoms with Crippen LogP contribution in [-0.2, 0) is 12.8 Å². The summed E-state index contributed by atoms with van der Waals surface area (Å²) in [5.41, 5.74) is 7.82. The molecule has 0 aliphatic heterocycles. The largest absolute Gasteiger partial charge is 0.0651 e. The van der Waals surface area contributed by atoms with Gasteiger partial charge in [0.1, 0.15) is 0 Å². The van der Waals surface area contributed by atoms with E-state index in [9.17, 15) is 0 Å². The van der Waals surface area contributed by atoms with Crippen LogP contribution in [0.4, 0.5) is 0 Å². The van der Waals surface area contributed by atoms with Gasteiger partial charge in [-0.25, -0.2) is 0 Å². The van der Waals surface area contributed by atoms with Crippen LogP contribution in [0.1, 0.15) is 60.1 Å². The minimum atomic E-state index is 1.14. The van der Waals surface area contributed by atoms with E-state index in [4.69, 9.17) is 0 Å². The first-order valence-corrected chi connectivity index (χ1v) is 14.0. The maximum absolute atomic E-state index is 2.29. The van der Waals surface area contributed by atoms with Crippen molar-refractivity contribution in [2.75, 3.05) is 0 Å². The van der Waals surface area contributed by atoms with Crippen LogP contribution in [0.5, 0.6) is 0 Å². The van der Waals surface area contributed by atoms with Gasteiger partial charge in [0, 0.05) is 0 Å². The van der Waals surface area contributed by atoms with Crippen LogP contribution < -0.4 is 0 Å². The van der Waals surface area contributed by atoms with Crippen LogP contribution in [0.15, 0.2) is 97.1 Å². The lowest BCUT2D eigenvalue weighted by Gasteiger charge is -2.14. The number of rotatable bonds is 8.